The normalized spacial score (nSPS) is 16.7. The molecule has 0 aromatic carbocycles. The monoisotopic (exact) mass is 296 g/mol. The van der Waals surface area contributed by atoms with Crippen LogP contribution in [0.1, 0.15) is 26.5 Å². The van der Waals surface area contributed by atoms with Crippen molar-refractivity contribution in [2.24, 2.45) is 0 Å². The number of urea groups is 1. The van der Waals surface area contributed by atoms with Gasteiger partial charge in [-0.3, -0.25) is 10.2 Å². The van der Waals surface area contributed by atoms with Crippen LogP contribution in [0.3, 0.4) is 0 Å². The van der Waals surface area contributed by atoms with Gasteiger partial charge in [0.05, 0.1) is 13.2 Å². The van der Waals surface area contributed by atoms with Gasteiger partial charge in [0, 0.05) is 37.7 Å². The van der Waals surface area contributed by atoms with Crippen LogP contribution in [0.15, 0.2) is 10.6 Å². The van der Waals surface area contributed by atoms with E-state index in [0.717, 1.165) is 38.6 Å². The van der Waals surface area contributed by atoms with Gasteiger partial charge in [-0.05, 0) is 0 Å². The summed E-state index contributed by atoms with van der Waals surface area (Å²) in [4.78, 5) is 14.0. The first-order chi connectivity index (χ1) is 9.95. The molecule has 2 heterocycles. The Balaban J connectivity index is 1.70. The molecular weight excluding hydrogens is 272 g/mol. The molecule has 1 aromatic rings. The lowest BCUT2D eigenvalue weighted by Gasteiger charge is -2.26. The maximum atomic E-state index is 11.8. The predicted octanol–water partition coefficient (Wildman–Crippen LogP) is 1.43. The van der Waals surface area contributed by atoms with Crippen LogP contribution in [-0.4, -0.2) is 55.5 Å². The molecule has 1 aliphatic heterocycles. The van der Waals surface area contributed by atoms with Crippen LogP contribution in [0.5, 0.6) is 0 Å². The van der Waals surface area contributed by atoms with Gasteiger partial charge in [0.25, 0.3) is 0 Å². The smallest absolute Gasteiger partial charge is 0.320 e. The maximum absolute atomic E-state index is 11.8. The summed E-state index contributed by atoms with van der Waals surface area (Å²) in [7, 11) is 0. The van der Waals surface area contributed by atoms with Crippen LogP contribution in [0.25, 0.3) is 0 Å². The lowest BCUT2D eigenvalue weighted by molar-refractivity contribution is 0.0388. The highest BCUT2D eigenvalue weighted by Crippen LogP contribution is 2.24. The van der Waals surface area contributed by atoms with Gasteiger partial charge in [0.15, 0.2) is 5.82 Å². The maximum Gasteiger partial charge on any atom is 0.320 e. The van der Waals surface area contributed by atoms with Crippen LogP contribution >= 0.6 is 0 Å². The molecular formula is C14H24N4O3. The molecule has 0 radical (unpaired) electrons. The van der Waals surface area contributed by atoms with E-state index in [9.17, 15) is 4.79 Å². The number of amides is 2. The molecule has 1 saturated heterocycles. The number of morpholine rings is 1. The van der Waals surface area contributed by atoms with Crippen molar-refractivity contribution >= 4 is 11.8 Å². The first kappa shape index (κ1) is 15.8. The average molecular weight is 296 g/mol. The quantitative estimate of drug-likeness (QED) is 0.878. The van der Waals surface area contributed by atoms with Gasteiger partial charge in [-0.15, -0.1) is 0 Å². The molecule has 1 aliphatic rings. The molecule has 2 N–H and O–H groups in total. The first-order valence-corrected chi connectivity index (χ1v) is 7.27. The minimum Gasteiger partial charge on any atom is -0.379 e. The molecule has 118 valence electrons. The van der Waals surface area contributed by atoms with Gasteiger partial charge in [0.2, 0.25) is 0 Å². The van der Waals surface area contributed by atoms with Crippen molar-refractivity contribution in [2.45, 2.75) is 26.2 Å². The van der Waals surface area contributed by atoms with Gasteiger partial charge in [-0.2, -0.15) is 0 Å². The molecule has 0 saturated carbocycles. The second-order valence-electron chi connectivity index (χ2n) is 6.16. The zero-order valence-corrected chi connectivity index (χ0v) is 12.9. The number of hydrogen-bond donors (Lipinski definition) is 2. The minimum atomic E-state index is -0.267. The number of carbonyl (C=O) groups excluding carboxylic acids is 1. The Labute approximate surface area is 125 Å². The van der Waals surface area contributed by atoms with Crippen LogP contribution in [0, 0.1) is 0 Å². The zero-order chi connectivity index (χ0) is 15.3. The van der Waals surface area contributed by atoms with E-state index in [4.69, 9.17) is 9.26 Å². The number of anilines is 1. The Morgan fingerprint density at radius 2 is 2.10 bits per heavy atom. The summed E-state index contributed by atoms with van der Waals surface area (Å²) >= 11 is 0. The van der Waals surface area contributed by atoms with Crippen molar-refractivity contribution in [3.63, 3.8) is 0 Å². The molecule has 2 rings (SSSR count). The van der Waals surface area contributed by atoms with Gasteiger partial charge < -0.3 is 14.6 Å². The molecule has 1 aromatic heterocycles. The molecule has 7 heteroatoms. The zero-order valence-electron chi connectivity index (χ0n) is 12.9. The number of aromatic nitrogens is 1. The molecule has 0 atom stereocenters. The van der Waals surface area contributed by atoms with Crippen molar-refractivity contribution in [2.75, 3.05) is 44.7 Å². The Bertz CT molecular complexity index is 461. The number of ether oxygens (including phenoxy) is 1. The Kier molecular flexibility index (Phi) is 5.19. The van der Waals surface area contributed by atoms with Gasteiger partial charge in [0.1, 0.15) is 5.76 Å². The largest absolute Gasteiger partial charge is 0.379 e. The Morgan fingerprint density at radius 3 is 2.71 bits per heavy atom. The average Bonchev–Trinajstić information content (AvgIpc) is 2.88. The number of rotatable bonds is 4. The molecule has 1 fully saturated rings. The standard InChI is InChI=1S/C14H24N4O3/c1-14(2,3)11-10-12(17-21-11)16-13(19)15-4-5-18-6-8-20-9-7-18/h10H,4-9H2,1-3H3,(H2,15,16,17,19). The van der Waals surface area contributed by atoms with Crippen LogP contribution < -0.4 is 10.6 Å². The molecule has 0 bridgehead atoms. The summed E-state index contributed by atoms with van der Waals surface area (Å²) in [6, 6.07) is 1.48. The second-order valence-corrected chi connectivity index (χ2v) is 6.16. The van der Waals surface area contributed by atoms with Crippen molar-refractivity contribution < 1.29 is 14.1 Å². The molecule has 0 unspecified atom stereocenters. The highest BCUT2D eigenvalue weighted by Gasteiger charge is 2.20. The molecule has 7 nitrogen and oxygen atoms in total. The summed E-state index contributed by atoms with van der Waals surface area (Å²) in [6.07, 6.45) is 0. The van der Waals surface area contributed by atoms with E-state index in [0.29, 0.717) is 12.4 Å². The molecule has 0 spiro atoms. The summed E-state index contributed by atoms with van der Waals surface area (Å²) in [5.74, 6) is 1.18. The third-order valence-corrected chi connectivity index (χ3v) is 3.31. The van der Waals surface area contributed by atoms with E-state index >= 15 is 0 Å². The fraction of sp³-hybridized carbons (Fsp3) is 0.714. The lowest BCUT2D eigenvalue weighted by Crippen LogP contribution is -2.42. The molecule has 21 heavy (non-hydrogen) atoms. The van der Waals surface area contributed by atoms with Crippen molar-refractivity contribution in [1.29, 1.82) is 0 Å². The van der Waals surface area contributed by atoms with E-state index in [1.807, 2.05) is 20.8 Å². The van der Waals surface area contributed by atoms with E-state index in [-0.39, 0.29) is 11.4 Å². The number of nitrogens with zero attached hydrogens (tertiary/aromatic N) is 2. The SMILES string of the molecule is CC(C)(C)c1cc(NC(=O)NCCN2CCOCC2)no1. The highest BCUT2D eigenvalue weighted by molar-refractivity contribution is 5.88. The van der Waals surface area contributed by atoms with Crippen LogP contribution in [-0.2, 0) is 10.2 Å². The fourth-order valence-corrected chi connectivity index (χ4v) is 2.00. The summed E-state index contributed by atoms with van der Waals surface area (Å²) in [5.41, 5.74) is -0.125. The molecule has 0 aliphatic carbocycles. The van der Waals surface area contributed by atoms with E-state index < -0.39 is 0 Å². The molecule has 2 amide bonds. The predicted molar refractivity (Wildman–Crippen MR) is 79.5 cm³/mol. The number of nitrogens with one attached hydrogen (secondary N) is 2. The Hall–Kier alpha value is -1.60. The number of carbonyl (C=O) groups is 1. The van der Waals surface area contributed by atoms with Crippen molar-refractivity contribution in [3.8, 4) is 0 Å². The fourth-order valence-electron chi connectivity index (χ4n) is 2.00. The first-order valence-electron chi connectivity index (χ1n) is 7.27. The van der Waals surface area contributed by atoms with E-state index in [1.165, 1.54) is 0 Å². The van der Waals surface area contributed by atoms with Gasteiger partial charge >= 0.3 is 6.03 Å². The third kappa shape index (κ3) is 5.02. The van der Waals surface area contributed by atoms with Crippen molar-refractivity contribution in [1.82, 2.24) is 15.4 Å². The lowest BCUT2D eigenvalue weighted by atomic mass is 9.93. The second kappa shape index (κ2) is 6.91. The third-order valence-electron chi connectivity index (χ3n) is 3.31. The van der Waals surface area contributed by atoms with Gasteiger partial charge in [-0.1, -0.05) is 25.9 Å². The van der Waals surface area contributed by atoms with Crippen molar-refractivity contribution in [3.05, 3.63) is 11.8 Å². The minimum absolute atomic E-state index is 0.125. The Morgan fingerprint density at radius 1 is 1.38 bits per heavy atom. The highest BCUT2D eigenvalue weighted by atomic mass is 16.5. The van der Waals surface area contributed by atoms with Crippen LogP contribution in [0.2, 0.25) is 0 Å². The van der Waals surface area contributed by atoms with E-state index in [2.05, 4.69) is 20.7 Å². The van der Waals surface area contributed by atoms with Crippen LogP contribution in [0.4, 0.5) is 10.6 Å². The summed E-state index contributed by atoms with van der Waals surface area (Å²) in [5, 5.41) is 9.33. The van der Waals surface area contributed by atoms with Gasteiger partial charge in [-0.25, -0.2) is 4.79 Å². The van der Waals surface area contributed by atoms with E-state index in [1.54, 1.807) is 6.07 Å². The topological polar surface area (TPSA) is 79.6 Å². The summed E-state index contributed by atoms with van der Waals surface area (Å²) in [6.45, 7) is 10.9. The summed E-state index contributed by atoms with van der Waals surface area (Å²) < 4.78 is 10.5. The number of hydrogen-bond acceptors (Lipinski definition) is 5.